The Hall–Kier alpha value is -1.37. The topological polar surface area (TPSA) is 12.9 Å². The number of aromatic nitrogens is 1. The van der Waals surface area contributed by atoms with Gasteiger partial charge in [-0.1, -0.05) is 25.3 Å². The molecule has 0 bridgehead atoms. The van der Waals surface area contributed by atoms with Gasteiger partial charge in [-0.3, -0.25) is 4.98 Å². The van der Waals surface area contributed by atoms with Gasteiger partial charge in [-0.15, -0.1) is 0 Å². The summed E-state index contributed by atoms with van der Waals surface area (Å²) in [6.07, 6.45) is 5.45. The summed E-state index contributed by atoms with van der Waals surface area (Å²) < 4.78 is 0. The average Bonchev–Trinajstić information content (AvgIpc) is 1.98. The summed E-state index contributed by atoms with van der Waals surface area (Å²) in [6, 6.07) is 2.04. The lowest BCUT2D eigenvalue weighted by Gasteiger charge is -1.89. The second kappa shape index (κ2) is 3.15. The van der Waals surface area contributed by atoms with E-state index in [2.05, 4.69) is 18.1 Å². The van der Waals surface area contributed by atoms with Crippen molar-refractivity contribution in [2.75, 3.05) is 0 Å². The molecule has 0 aliphatic carbocycles. The summed E-state index contributed by atoms with van der Waals surface area (Å²) in [7, 11) is 0. The van der Waals surface area contributed by atoms with E-state index >= 15 is 0 Å². The van der Waals surface area contributed by atoms with Crippen molar-refractivity contribution in [2.45, 2.75) is 6.92 Å². The van der Waals surface area contributed by atoms with E-state index in [4.69, 9.17) is 0 Å². The van der Waals surface area contributed by atoms with E-state index in [1.165, 1.54) is 0 Å². The van der Waals surface area contributed by atoms with Crippen molar-refractivity contribution in [2.24, 2.45) is 0 Å². The number of hydrogen-bond acceptors (Lipinski definition) is 1. The number of allylic oxidation sites excluding steroid dienone is 1. The van der Waals surface area contributed by atoms with Crippen molar-refractivity contribution < 1.29 is 0 Å². The van der Waals surface area contributed by atoms with E-state index in [1.807, 2.05) is 25.3 Å². The average molecular weight is 145 g/mol. The van der Waals surface area contributed by atoms with Crippen LogP contribution in [0.1, 0.15) is 5.56 Å². The van der Waals surface area contributed by atoms with E-state index in [0.717, 1.165) is 16.1 Å². The van der Waals surface area contributed by atoms with Gasteiger partial charge in [-0.25, -0.2) is 0 Å². The zero-order chi connectivity index (χ0) is 8.27. The maximum atomic E-state index is 4.11. The fourth-order valence-electron chi connectivity index (χ4n) is 0.891. The largest absolute Gasteiger partial charge is 0.257 e. The Labute approximate surface area is 66.4 Å². The number of pyridine rings is 1. The van der Waals surface area contributed by atoms with Crippen molar-refractivity contribution in [3.63, 3.8) is 0 Å². The van der Waals surface area contributed by atoms with Gasteiger partial charge in [0.25, 0.3) is 0 Å². The van der Waals surface area contributed by atoms with Crippen LogP contribution in [0.5, 0.6) is 0 Å². The van der Waals surface area contributed by atoms with Gasteiger partial charge in [0.15, 0.2) is 0 Å². The minimum atomic E-state index is 0.801. The highest BCUT2D eigenvalue weighted by Gasteiger charge is 1.83. The quantitative estimate of drug-likeness (QED) is 0.568. The molecule has 1 aromatic heterocycles. The normalized spacial score (nSPS) is 11.5. The number of hydrogen-bond donors (Lipinski definition) is 0. The van der Waals surface area contributed by atoms with E-state index in [0.29, 0.717) is 0 Å². The smallest absolute Gasteiger partial charge is 0.0630 e. The molecule has 1 heterocycles. The molecule has 0 unspecified atom stereocenters. The van der Waals surface area contributed by atoms with Gasteiger partial charge >= 0.3 is 0 Å². The molecule has 1 rings (SSSR count). The van der Waals surface area contributed by atoms with Gasteiger partial charge < -0.3 is 0 Å². The summed E-state index contributed by atoms with van der Waals surface area (Å²) in [5, 5.41) is 1.84. The lowest BCUT2D eigenvalue weighted by Crippen LogP contribution is -2.26. The first-order valence-electron chi connectivity index (χ1n) is 3.48. The predicted molar refractivity (Wildman–Crippen MR) is 48.4 cm³/mol. The van der Waals surface area contributed by atoms with E-state index in [9.17, 15) is 0 Å². The van der Waals surface area contributed by atoms with Gasteiger partial charge in [0, 0.05) is 6.20 Å². The Bertz CT molecular complexity index is 363. The molecule has 1 nitrogen and oxygen atoms in total. The third-order valence-corrected chi connectivity index (χ3v) is 1.44. The van der Waals surface area contributed by atoms with Gasteiger partial charge in [-0.05, 0) is 23.8 Å². The lowest BCUT2D eigenvalue weighted by atomic mass is 10.2. The molecule has 56 valence electrons. The molecule has 0 aliphatic rings. The summed E-state index contributed by atoms with van der Waals surface area (Å²) in [5.74, 6) is 0. The van der Waals surface area contributed by atoms with E-state index in [-0.39, 0.29) is 0 Å². The van der Waals surface area contributed by atoms with Crippen LogP contribution in [-0.2, 0) is 0 Å². The second-order valence-electron chi connectivity index (χ2n) is 2.45. The summed E-state index contributed by atoms with van der Waals surface area (Å²) in [4.78, 5) is 4.11. The van der Waals surface area contributed by atoms with Crippen molar-refractivity contribution in [3.8, 4) is 0 Å². The van der Waals surface area contributed by atoms with Crippen LogP contribution in [-0.4, -0.2) is 4.98 Å². The number of aryl methyl sites for hydroxylation is 1. The molecule has 0 fully saturated rings. The Kier molecular flexibility index (Phi) is 2.21. The minimum Gasteiger partial charge on any atom is -0.257 e. The first-order valence-corrected chi connectivity index (χ1v) is 3.48. The van der Waals surface area contributed by atoms with Crippen LogP contribution in [0.3, 0.4) is 0 Å². The zero-order valence-electron chi connectivity index (χ0n) is 6.67. The molecule has 0 N–H and O–H groups in total. The van der Waals surface area contributed by atoms with Crippen LogP contribution < -0.4 is 10.6 Å². The molecule has 0 radical (unpaired) electrons. The molecule has 1 aromatic rings. The third-order valence-electron chi connectivity index (χ3n) is 1.44. The highest BCUT2D eigenvalue weighted by Crippen LogP contribution is 1.82. The van der Waals surface area contributed by atoms with Gasteiger partial charge in [0.05, 0.1) is 5.35 Å². The molecular formula is C10H11N. The first kappa shape index (κ1) is 7.73. The molecule has 0 aromatic carbocycles. The molecule has 0 aliphatic heterocycles. The third kappa shape index (κ3) is 1.77. The maximum absolute atomic E-state index is 4.11. The van der Waals surface area contributed by atoms with Crippen LogP contribution in [0, 0.1) is 6.92 Å². The number of nitrogens with zero attached hydrogens (tertiary/aromatic N) is 1. The van der Waals surface area contributed by atoms with Gasteiger partial charge in [0.1, 0.15) is 0 Å². The van der Waals surface area contributed by atoms with Crippen molar-refractivity contribution in [1.29, 1.82) is 0 Å². The van der Waals surface area contributed by atoms with Crippen LogP contribution in [0.2, 0.25) is 0 Å². The fraction of sp³-hybridized carbons (Fsp3) is 0.100. The molecule has 0 saturated heterocycles. The molecular weight excluding hydrogens is 134 g/mol. The zero-order valence-corrected chi connectivity index (χ0v) is 6.67. The Morgan fingerprint density at radius 3 is 2.91 bits per heavy atom. The van der Waals surface area contributed by atoms with E-state index in [1.54, 1.807) is 6.08 Å². The molecule has 0 spiro atoms. The molecule has 0 atom stereocenters. The fourth-order valence-corrected chi connectivity index (χ4v) is 0.891. The predicted octanol–water partition coefficient (Wildman–Crippen LogP) is 0.767. The maximum Gasteiger partial charge on any atom is 0.0630 e. The Morgan fingerprint density at radius 2 is 2.27 bits per heavy atom. The van der Waals surface area contributed by atoms with E-state index < -0.39 is 0 Å². The van der Waals surface area contributed by atoms with Crippen LogP contribution in [0.25, 0.3) is 12.7 Å². The Balaban J connectivity index is 3.47. The SMILES string of the molecule is C=C/C=c1/cc(C)cnc1=C. The van der Waals surface area contributed by atoms with Crippen molar-refractivity contribution in [3.05, 3.63) is 41.0 Å². The van der Waals surface area contributed by atoms with Crippen molar-refractivity contribution >= 4 is 12.7 Å². The van der Waals surface area contributed by atoms with Gasteiger partial charge in [-0.2, -0.15) is 0 Å². The standard InChI is InChI=1S/C10H11N/c1-4-5-10-6-8(2)7-11-9(10)3/h4-7H,1,3H2,2H3/b10-5-. The summed E-state index contributed by atoms with van der Waals surface area (Å²) in [5.41, 5.74) is 1.14. The molecule has 0 amide bonds. The highest BCUT2D eigenvalue weighted by molar-refractivity contribution is 5.35. The lowest BCUT2D eigenvalue weighted by molar-refractivity contribution is 1.19. The van der Waals surface area contributed by atoms with Crippen molar-refractivity contribution in [1.82, 2.24) is 4.98 Å². The summed E-state index contributed by atoms with van der Waals surface area (Å²) in [6.45, 7) is 9.41. The molecule has 11 heavy (non-hydrogen) atoms. The monoisotopic (exact) mass is 145 g/mol. The van der Waals surface area contributed by atoms with Crippen LogP contribution in [0.4, 0.5) is 0 Å². The minimum absolute atomic E-state index is 0.801. The highest BCUT2D eigenvalue weighted by atomic mass is 14.6. The molecule has 1 heteroatoms. The van der Waals surface area contributed by atoms with Crippen LogP contribution in [0.15, 0.2) is 24.9 Å². The first-order chi connectivity index (χ1) is 5.24. The number of rotatable bonds is 1. The second-order valence-corrected chi connectivity index (χ2v) is 2.45. The Morgan fingerprint density at radius 1 is 1.55 bits per heavy atom. The van der Waals surface area contributed by atoms with Gasteiger partial charge in [0.2, 0.25) is 0 Å². The summed E-state index contributed by atoms with van der Waals surface area (Å²) >= 11 is 0. The molecule has 0 saturated carbocycles. The van der Waals surface area contributed by atoms with Crippen LogP contribution >= 0.6 is 0 Å².